The lowest BCUT2D eigenvalue weighted by Crippen LogP contribution is -2.51. The minimum absolute atomic E-state index is 0.0411. The van der Waals surface area contributed by atoms with E-state index in [-0.39, 0.29) is 42.9 Å². The molecule has 27 heavy (non-hydrogen) atoms. The summed E-state index contributed by atoms with van der Waals surface area (Å²) >= 11 is 0. The number of hydrogen-bond acceptors (Lipinski definition) is 4. The Kier molecular flexibility index (Phi) is 7.57. The molecule has 7 nitrogen and oxygen atoms in total. The number of amides is 3. The van der Waals surface area contributed by atoms with Crippen molar-refractivity contribution in [2.24, 2.45) is 0 Å². The van der Waals surface area contributed by atoms with E-state index >= 15 is 0 Å². The predicted octanol–water partition coefficient (Wildman–Crippen LogP) is 1.91. The molecule has 1 fully saturated rings. The van der Waals surface area contributed by atoms with Gasteiger partial charge in [-0.1, -0.05) is 12.1 Å². The lowest BCUT2D eigenvalue weighted by atomic mass is 10.0. The van der Waals surface area contributed by atoms with Gasteiger partial charge in [0.2, 0.25) is 11.8 Å². The van der Waals surface area contributed by atoms with Crippen LogP contribution in [0.1, 0.15) is 32.3 Å². The largest absolute Gasteiger partial charge is 0.450 e. The molecule has 1 heterocycles. The molecular weight excluding hydrogens is 353 g/mol. The summed E-state index contributed by atoms with van der Waals surface area (Å²) in [5.74, 6) is -0.786. The van der Waals surface area contributed by atoms with Crippen molar-refractivity contribution in [1.29, 1.82) is 0 Å². The van der Waals surface area contributed by atoms with Crippen molar-refractivity contribution >= 4 is 17.9 Å². The predicted molar refractivity (Wildman–Crippen MR) is 97.3 cm³/mol. The Morgan fingerprint density at radius 2 is 1.85 bits per heavy atom. The van der Waals surface area contributed by atoms with Gasteiger partial charge in [-0.3, -0.25) is 9.59 Å². The van der Waals surface area contributed by atoms with Crippen LogP contribution < -0.4 is 5.32 Å². The maximum absolute atomic E-state index is 12.9. The zero-order valence-corrected chi connectivity index (χ0v) is 15.7. The number of piperidine rings is 1. The summed E-state index contributed by atoms with van der Waals surface area (Å²) in [6, 6.07) is 5.78. The quantitative estimate of drug-likeness (QED) is 0.819. The van der Waals surface area contributed by atoms with Gasteiger partial charge in [0, 0.05) is 32.6 Å². The van der Waals surface area contributed by atoms with Crippen LogP contribution in [0.3, 0.4) is 0 Å². The lowest BCUT2D eigenvalue weighted by Gasteiger charge is -2.37. The first kappa shape index (κ1) is 20.7. The summed E-state index contributed by atoms with van der Waals surface area (Å²) in [6.45, 7) is 4.73. The topological polar surface area (TPSA) is 79.0 Å². The Bertz CT molecular complexity index is 657. The molecule has 1 aliphatic heterocycles. The molecular formula is C19H26FN3O4. The van der Waals surface area contributed by atoms with Gasteiger partial charge in [0.05, 0.1) is 13.2 Å². The minimum Gasteiger partial charge on any atom is -0.450 e. The molecule has 3 amide bonds. The van der Waals surface area contributed by atoms with E-state index in [1.54, 1.807) is 28.9 Å². The summed E-state index contributed by atoms with van der Waals surface area (Å²) in [4.78, 5) is 39.2. The maximum atomic E-state index is 12.9. The summed E-state index contributed by atoms with van der Waals surface area (Å²) < 4.78 is 17.9. The van der Waals surface area contributed by atoms with Gasteiger partial charge in [-0.05, 0) is 37.5 Å². The minimum atomic E-state index is -0.345. The van der Waals surface area contributed by atoms with Crippen LogP contribution in [0, 0.1) is 5.82 Å². The zero-order chi connectivity index (χ0) is 19.8. The normalized spacial score (nSPS) is 14.6. The highest BCUT2D eigenvalue weighted by Crippen LogP contribution is 2.17. The molecule has 1 aromatic carbocycles. The first-order chi connectivity index (χ1) is 12.9. The van der Waals surface area contributed by atoms with Crippen LogP contribution in [0.15, 0.2) is 24.3 Å². The summed E-state index contributed by atoms with van der Waals surface area (Å²) in [5.41, 5.74) is 0.780. The molecule has 0 unspecified atom stereocenters. The maximum Gasteiger partial charge on any atom is 0.409 e. The van der Waals surface area contributed by atoms with Crippen LogP contribution in [0.25, 0.3) is 0 Å². The third-order valence-electron chi connectivity index (χ3n) is 4.55. The standard InChI is InChI=1S/C19H26FN3O4/c1-3-27-19(26)22-10-8-17(9-11-22)23(14(2)24)13-18(25)21-12-15-4-6-16(20)7-5-15/h4-7,17H,3,8-13H2,1-2H3,(H,21,25). The van der Waals surface area contributed by atoms with Crippen LogP contribution in [0.2, 0.25) is 0 Å². The molecule has 148 valence electrons. The highest BCUT2D eigenvalue weighted by atomic mass is 19.1. The van der Waals surface area contributed by atoms with Gasteiger partial charge in [-0.25, -0.2) is 9.18 Å². The van der Waals surface area contributed by atoms with E-state index in [2.05, 4.69) is 5.32 Å². The SMILES string of the molecule is CCOC(=O)N1CCC(N(CC(=O)NCc2ccc(F)cc2)C(C)=O)CC1. The van der Waals surface area contributed by atoms with Crippen molar-refractivity contribution in [3.05, 3.63) is 35.6 Å². The number of nitrogens with one attached hydrogen (secondary N) is 1. The average Bonchev–Trinajstić information content (AvgIpc) is 2.66. The fourth-order valence-electron chi connectivity index (χ4n) is 3.09. The Hall–Kier alpha value is -2.64. The van der Waals surface area contributed by atoms with Crippen LogP contribution in [0.5, 0.6) is 0 Å². The average molecular weight is 379 g/mol. The lowest BCUT2D eigenvalue weighted by molar-refractivity contribution is -0.137. The van der Waals surface area contributed by atoms with E-state index in [0.717, 1.165) is 5.56 Å². The number of halogens is 1. The van der Waals surface area contributed by atoms with Crippen LogP contribution in [-0.2, 0) is 20.9 Å². The molecule has 1 saturated heterocycles. The number of carbonyl (C=O) groups is 3. The molecule has 2 rings (SSSR count). The fourth-order valence-corrected chi connectivity index (χ4v) is 3.09. The van der Waals surface area contributed by atoms with Crippen molar-refractivity contribution in [2.75, 3.05) is 26.2 Å². The van der Waals surface area contributed by atoms with Crippen molar-refractivity contribution < 1.29 is 23.5 Å². The number of nitrogens with zero attached hydrogens (tertiary/aromatic N) is 2. The molecule has 0 bridgehead atoms. The fraction of sp³-hybridized carbons (Fsp3) is 0.526. The molecule has 1 aliphatic rings. The van der Waals surface area contributed by atoms with Gasteiger partial charge in [-0.15, -0.1) is 0 Å². The molecule has 1 aromatic rings. The van der Waals surface area contributed by atoms with E-state index in [1.165, 1.54) is 19.1 Å². The van der Waals surface area contributed by atoms with E-state index in [0.29, 0.717) is 32.5 Å². The van der Waals surface area contributed by atoms with Crippen molar-refractivity contribution in [1.82, 2.24) is 15.1 Å². The van der Waals surface area contributed by atoms with Crippen molar-refractivity contribution in [3.63, 3.8) is 0 Å². The van der Waals surface area contributed by atoms with Gasteiger partial charge in [0.25, 0.3) is 0 Å². The Morgan fingerprint density at radius 3 is 2.41 bits per heavy atom. The second kappa shape index (κ2) is 9.89. The number of hydrogen-bond donors (Lipinski definition) is 1. The summed E-state index contributed by atoms with van der Waals surface area (Å²) in [6.07, 6.45) is 0.857. The number of likely N-dealkylation sites (tertiary alicyclic amines) is 1. The van der Waals surface area contributed by atoms with Crippen LogP contribution in [0.4, 0.5) is 9.18 Å². The Balaban J connectivity index is 1.84. The summed E-state index contributed by atoms with van der Waals surface area (Å²) in [7, 11) is 0. The first-order valence-electron chi connectivity index (χ1n) is 9.10. The number of ether oxygens (including phenoxy) is 1. The van der Waals surface area contributed by atoms with Gasteiger partial charge >= 0.3 is 6.09 Å². The molecule has 8 heteroatoms. The highest BCUT2D eigenvalue weighted by molar-refractivity contribution is 5.84. The number of rotatable bonds is 6. The Morgan fingerprint density at radius 1 is 1.22 bits per heavy atom. The van der Waals surface area contributed by atoms with E-state index in [9.17, 15) is 18.8 Å². The Labute approximate surface area is 158 Å². The molecule has 0 spiro atoms. The van der Waals surface area contributed by atoms with Crippen LogP contribution >= 0.6 is 0 Å². The molecule has 0 aromatic heterocycles. The van der Waals surface area contributed by atoms with Crippen molar-refractivity contribution in [3.8, 4) is 0 Å². The smallest absolute Gasteiger partial charge is 0.409 e. The monoisotopic (exact) mass is 379 g/mol. The van der Waals surface area contributed by atoms with Gasteiger partial charge in [0.1, 0.15) is 5.82 Å². The van der Waals surface area contributed by atoms with E-state index < -0.39 is 0 Å². The van der Waals surface area contributed by atoms with E-state index in [1.807, 2.05) is 0 Å². The first-order valence-corrected chi connectivity index (χ1v) is 9.10. The van der Waals surface area contributed by atoms with Gasteiger partial charge < -0.3 is 19.9 Å². The molecule has 0 aliphatic carbocycles. The molecule has 0 atom stereocenters. The number of benzene rings is 1. The third kappa shape index (κ3) is 6.23. The van der Waals surface area contributed by atoms with Gasteiger partial charge in [-0.2, -0.15) is 0 Å². The second-order valence-corrected chi connectivity index (χ2v) is 6.47. The second-order valence-electron chi connectivity index (χ2n) is 6.47. The van der Waals surface area contributed by atoms with E-state index in [4.69, 9.17) is 4.74 Å². The van der Waals surface area contributed by atoms with Crippen LogP contribution in [-0.4, -0.2) is 60.0 Å². The molecule has 0 saturated carbocycles. The van der Waals surface area contributed by atoms with Crippen molar-refractivity contribution in [2.45, 2.75) is 39.3 Å². The summed E-state index contributed by atoms with van der Waals surface area (Å²) in [5, 5.41) is 2.75. The highest BCUT2D eigenvalue weighted by Gasteiger charge is 2.29. The number of carbonyl (C=O) groups excluding carboxylic acids is 3. The molecule has 1 N–H and O–H groups in total. The third-order valence-corrected chi connectivity index (χ3v) is 4.55. The molecule has 0 radical (unpaired) electrons. The zero-order valence-electron chi connectivity index (χ0n) is 15.7. The van der Waals surface area contributed by atoms with Gasteiger partial charge in [0.15, 0.2) is 0 Å².